The smallest absolute Gasteiger partial charge is 0.144 e. The van der Waals surface area contributed by atoms with Gasteiger partial charge in [0.2, 0.25) is 0 Å². The van der Waals surface area contributed by atoms with E-state index in [1.807, 2.05) is 41.2 Å². The van der Waals surface area contributed by atoms with Crippen molar-refractivity contribution in [3.05, 3.63) is 78.4 Å². The van der Waals surface area contributed by atoms with Crippen LogP contribution in [0.3, 0.4) is 0 Å². The lowest BCUT2D eigenvalue weighted by Gasteiger charge is -2.25. The zero-order valence-electron chi connectivity index (χ0n) is 16.6. The molecule has 4 aromatic rings. The van der Waals surface area contributed by atoms with Gasteiger partial charge in [-0.3, -0.25) is 4.90 Å². The van der Waals surface area contributed by atoms with Crippen LogP contribution in [-0.2, 0) is 17.0 Å². The first kappa shape index (κ1) is 19.2. The summed E-state index contributed by atoms with van der Waals surface area (Å²) in [5.41, 5.74) is 3.09. The number of nitrogens with zero attached hydrogens (tertiary/aromatic N) is 5. The molecule has 0 saturated carbocycles. The van der Waals surface area contributed by atoms with E-state index in [1.54, 1.807) is 11.8 Å². The second-order valence-corrected chi connectivity index (χ2v) is 8.19. The highest BCUT2D eigenvalue weighted by molar-refractivity contribution is 7.98. The van der Waals surface area contributed by atoms with E-state index in [-0.39, 0.29) is 0 Å². The molecular weight excluding hydrogens is 394 g/mol. The van der Waals surface area contributed by atoms with Gasteiger partial charge in [0.25, 0.3) is 0 Å². The summed E-state index contributed by atoms with van der Waals surface area (Å²) >= 11 is 1.72. The van der Waals surface area contributed by atoms with Crippen molar-refractivity contribution < 1.29 is 4.74 Å². The number of benzene rings is 2. The van der Waals surface area contributed by atoms with Gasteiger partial charge in [0, 0.05) is 30.4 Å². The third-order valence-corrected chi connectivity index (χ3v) is 6.13. The summed E-state index contributed by atoms with van der Waals surface area (Å²) in [6.07, 6.45) is 2.01. The van der Waals surface area contributed by atoms with Crippen LogP contribution in [0.15, 0.2) is 71.9 Å². The van der Waals surface area contributed by atoms with Crippen molar-refractivity contribution in [1.82, 2.24) is 24.6 Å². The van der Waals surface area contributed by atoms with Gasteiger partial charge in [-0.15, -0.1) is 0 Å². The highest BCUT2D eigenvalue weighted by atomic mass is 32.2. The van der Waals surface area contributed by atoms with Gasteiger partial charge in [0.05, 0.1) is 36.7 Å². The minimum absolute atomic E-state index is 0.754. The molecule has 1 saturated heterocycles. The molecule has 0 aliphatic carbocycles. The van der Waals surface area contributed by atoms with E-state index in [1.165, 1.54) is 0 Å². The van der Waals surface area contributed by atoms with Gasteiger partial charge < -0.3 is 4.74 Å². The third kappa shape index (κ3) is 4.38. The number of thioether (sulfide) groups is 1. The van der Waals surface area contributed by atoms with Crippen LogP contribution in [0.2, 0.25) is 0 Å². The van der Waals surface area contributed by atoms with E-state index in [4.69, 9.17) is 19.8 Å². The molecule has 0 unspecified atom stereocenters. The maximum absolute atomic E-state index is 5.46. The number of rotatable bonds is 6. The highest BCUT2D eigenvalue weighted by Crippen LogP contribution is 2.28. The standard InChI is InChI=1S/C23H23N5OS/c1-2-6-19(7-3-1)28-11-10-18(26-28)17-30-23-20-8-4-5-9-21(20)24-22(25-23)16-27-12-14-29-15-13-27/h1-11H,12-17H2. The Balaban J connectivity index is 1.36. The molecule has 0 atom stereocenters. The van der Waals surface area contributed by atoms with Crippen molar-refractivity contribution in [3.63, 3.8) is 0 Å². The number of hydrogen-bond donors (Lipinski definition) is 0. The zero-order valence-corrected chi connectivity index (χ0v) is 17.5. The molecule has 1 aliphatic rings. The van der Waals surface area contributed by atoms with E-state index in [2.05, 4.69) is 35.2 Å². The van der Waals surface area contributed by atoms with Crippen LogP contribution < -0.4 is 0 Å². The minimum atomic E-state index is 0.754. The number of ether oxygens (including phenoxy) is 1. The summed E-state index contributed by atoms with van der Waals surface area (Å²) in [5.74, 6) is 1.63. The summed E-state index contributed by atoms with van der Waals surface area (Å²) in [7, 11) is 0. The Morgan fingerprint density at radius 1 is 0.900 bits per heavy atom. The number of hydrogen-bond acceptors (Lipinski definition) is 6. The summed E-state index contributed by atoms with van der Waals surface area (Å²) < 4.78 is 7.37. The molecule has 152 valence electrons. The SMILES string of the molecule is c1ccc(-n2ccc(CSc3nc(CN4CCOCC4)nc4ccccc34)n2)cc1. The Morgan fingerprint density at radius 2 is 1.70 bits per heavy atom. The van der Waals surface area contributed by atoms with Gasteiger partial charge in [-0.25, -0.2) is 14.6 Å². The zero-order chi connectivity index (χ0) is 20.2. The van der Waals surface area contributed by atoms with Crippen LogP contribution >= 0.6 is 11.8 Å². The molecular formula is C23H23N5OS. The lowest BCUT2D eigenvalue weighted by molar-refractivity contribution is 0.0330. The molecule has 3 heterocycles. The summed E-state index contributed by atoms with van der Waals surface area (Å²) in [4.78, 5) is 12.1. The van der Waals surface area contributed by atoms with Crippen molar-refractivity contribution in [3.8, 4) is 5.69 Å². The summed E-state index contributed by atoms with van der Waals surface area (Å²) in [6.45, 7) is 4.16. The van der Waals surface area contributed by atoms with E-state index in [0.717, 1.165) is 71.7 Å². The second-order valence-electron chi connectivity index (χ2n) is 7.23. The summed E-state index contributed by atoms with van der Waals surface area (Å²) in [5, 5.41) is 6.83. The average molecular weight is 418 g/mol. The second kappa shape index (κ2) is 8.95. The highest BCUT2D eigenvalue weighted by Gasteiger charge is 2.15. The van der Waals surface area contributed by atoms with Crippen molar-refractivity contribution in [2.24, 2.45) is 0 Å². The fourth-order valence-electron chi connectivity index (χ4n) is 3.54. The quantitative estimate of drug-likeness (QED) is 0.350. The number of aromatic nitrogens is 4. The topological polar surface area (TPSA) is 56.1 Å². The van der Waals surface area contributed by atoms with E-state index >= 15 is 0 Å². The minimum Gasteiger partial charge on any atom is -0.379 e. The number of para-hydroxylation sites is 2. The molecule has 5 rings (SSSR count). The van der Waals surface area contributed by atoms with Crippen LogP contribution in [-0.4, -0.2) is 51.0 Å². The average Bonchev–Trinajstić information content (AvgIpc) is 3.28. The van der Waals surface area contributed by atoms with Crippen LogP contribution in [0.1, 0.15) is 11.5 Å². The van der Waals surface area contributed by atoms with Crippen LogP contribution in [0.5, 0.6) is 0 Å². The van der Waals surface area contributed by atoms with Crippen LogP contribution in [0.4, 0.5) is 0 Å². The predicted molar refractivity (Wildman–Crippen MR) is 119 cm³/mol. The van der Waals surface area contributed by atoms with Crippen molar-refractivity contribution in [2.75, 3.05) is 26.3 Å². The Kier molecular flexibility index (Phi) is 5.74. The normalized spacial score (nSPS) is 14.9. The van der Waals surface area contributed by atoms with Crippen molar-refractivity contribution >= 4 is 22.7 Å². The molecule has 30 heavy (non-hydrogen) atoms. The maximum Gasteiger partial charge on any atom is 0.144 e. The largest absolute Gasteiger partial charge is 0.379 e. The van der Waals surface area contributed by atoms with Gasteiger partial charge >= 0.3 is 0 Å². The lowest BCUT2D eigenvalue weighted by Crippen LogP contribution is -2.36. The molecule has 2 aromatic heterocycles. The molecule has 6 nitrogen and oxygen atoms in total. The van der Waals surface area contributed by atoms with E-state index in [9.17, 15) is 0 Å². The third-order valence-electron chi connectivity index (χ3n) is 5.11. The molecule has 7 heteroatoms. The summed E-state index contributed by atoms with van der Waals surface area (Å²) in [6, 6.07) is 20.5. The molecule has 2 aromatic carbocycles. The van der Waals surface area contributed by atoms with Gasteiger partial charge in [-0.05, 0) is 24.3 Å². The van der Waals surface area contributed by atoms with E-state index < -0.39 is 0 Å². The Bertz CT molecular complexity index is 1120. The number of morpholine rings is 1. The Morgan fingerprint density at radius 3 is 2.57 bits per heavy atom. The van der Waals surface area contributed by atoms with Crippen molar-refractivity contribution in [1.29, 1.82) is 0 Å². The van der Waals surface area contributed by atoms with Crippen LogP contribution in [0.25, 0.3) is 16.6 Å². The van der Waals surface area contributed by atoms with Crippen molar-refractivity contribution in [2.45, 2.75) is 17.3 Å². The van der Waals surface area contributed by atoms with Gasteiger partial charge in [0.1, 0.15) is 10.9 Å². The van der Waals surface area contributed by atoms with E-state index in [0.29, 0.717) is 0 Å². The molecule has 0 amide bonds. The molecule has 0 radical (unpaired) electrons. The fraction of sp³-hybridized carbons (Fsp3) is 0.261. The van der Waals surface area contributed by atoms with Gasteiger partial charge in [-0.2, -0.15) is 5.10 Å². The molecule has 1 fully saturated rings. The Hall–Kier alpha value is -2.74. The van der Waals surface area contributed by atoms with Gasteiger partial charge in [-0.1, -0.05) is 48.2 Å². The molecule has 1 aliphatic heterocycles. The lowest BCUT2D eigenvalue weighted by atomic mass is 10.2. The van der Waals surface area contributed by atoms with Gasteiger partial charge in [0.15, 0.2) is 0 Å². The monoisotopic (exact) mass is 417 g/mol. The number of fused-ring (bicyclic) bond motifs is 1. The fourth-order valence-corrected chi connectivity index (χ4v) is 4.48. The first-order valence-corrected chi connectivity index (χ1v) is 11.1. The molecule has 0 spiro atoms. The Labute approximate surface area is 179 Å². The predicted octanol–water partition coefficient (Wildman–Crippen LogP) is 3.94. The maximum atomic E-state index is 5.46. The molecule has 0 N–H and O–H groups in total. The first-order valence-electron chi connectivity index (χ1n) is 10.1. The molecule has 0 bridgehead atoms. The first-order chi connectivity index (χ1) is 14.8. The van der Waals surface area contributed by atoms with Crippen LogP contribution in [0, 0.1) is 0 Å².